The Hall–Kier alpha value is -0.520. The van der Waals surface area contributed by atoms with Gasteiger partial charge in [-0.3, -0.25) is 0 Å². The zero-order chi connectivity index (χ0) is 9.52. The number of nitrogens with one attached hydrogen (secondary N) is 1. The molecule has 1 N–H and O–H groups in total. The van der Waals surface area contributed by atoms with Gasteiger partial charge in [0.15, 0.2) is 0 Å². The van der Waals surface area contributed by atoms with Gasteiger partial charge in [-0.25, -0.2) is 0 Å². The molecule has 0 amide bonds. The normalized spacial score (nSPS) is 24.2. The highest BCUT2D eigenvalue weighted by Gasteiger charge is 2.24. The summed E-state index contributed by atoms with van der Waals surface area (Å²) in [7, 11) is 0. The molecule has 0 spiro atoms. The fraction of sp³-hybridized carbons (Fsp3) is 0.818. The van der Waals surface area contributed by atoms with Gasteiger partial charge in [0.1, 0.15) is 0 Å². The van der Waals surface area contributed by atoms with Gasteiger partial charge in [-0.05, 0) is 25.8 Å². The minimum atomic E-state index is 0.350. The maximum atomic E-state index is 5.61. The Morgan fingerprint density at radius 1 is 1.69 bits per heavy atom. The second-order valence-corrected chi connectivity index (χ2v) is 3.52. The van der Waals surface area contributed by atoms with Crippen LogP contribution in [0.25, 0.3) is 0 Å². The minimum Gasteiger partial charge on any atom is -0.377 e. The lowest BCUT2D eigenvalue weighted by Crippen LogP contribution is -2.39. The SMILES string of the molecule is C#CCC(NCCC)C1CCCO1. The number of hydrogen-bond donors (Lipinski definition) is 1. The molecule has 0 aromatic carbocycles. The van der Waals surface area contributed by atoms with Crippen LogP contribution in [0, 0.1) is 12.3 Å². The van der Waals surface area contributed by atoms with Crippen molar-refractivity contribution in [3.8, 4) is 12.3 Å². The maximum absolute atomic E-state index is 5.61. The summed E-state index contributed by atoms with van der Waals surface area (Å²) in [4.78, 5) is 0. The Labute approximate surface area is 81.0 Å². The molecule has 0 saturated carbocycles. The van der Waals surface area contributed by atoms with Crippen LogP contribution in [0.2, 0.25) is 0 Å². The van der Waals surface area contributed by atoms with E-state index in [0.29, 0.717) is 12.1 Å². The third-order valence-corrected chi connectivity index (χ3v) is 2.41. The van der Waals surface area contributed by atoms with Crippen molar-refractivity contribution >= 4 is 0 Å². The summed E-state index contributed by atoms with van der Waals surface area (Å²) in [6, 6.07) is 0.368. The quantitative estimate of drug-likeness (QED) is 0.650. The largest absolute Gasteiger partial charge is 0.377 e. The van der Waals surface area contributed by atoms with E-state index >= 15 is 0 Å². The number of rotatable bonds is 5. The molecule has 1 saturated heterocycles. The van der Waals surface area contributed by atoms with Gasteiger partial charge in [0.25, 0.3) is 0 Å². The predicted octanol–water partition coefficient (Wildman–Crippen LogP) is 1.56. The smallest absolute Gasteiger partial charge is 0.0738 e. The summed E-state index contributed by atoms with van der Waals surface area (Å²) in [6.07, 6.45) is 9.94. The summed E-state index contributed by atoms with van der Waals surface area (Å²) in [6.45, 7) is 4.10. The van der Waals surface area contributed by atoms with E-state index in [9.17, 15) is 0 Å². The molecule has 0 aliphatic carbocycles. The van der Waals surface area contributed by atoms with Gasteiger partial charge in [0, 0.05) is 19.1 Å². The lowest BCUT2D eigenvalue weighted by atomic mass is 10.1. The fourth-order valence-electron chi connectivity index (χ4n) is 1.71. The molecule has 0 aromatic rings. The number of terminal acetylenes is 1. The van der Waals surface area contributed by atoms with Crippen molar-refractivity contribution in [1.29, 1.82) is 0 Å². The van der Waals surface area contributed by atoms with Crippen LogP contribution in [-0.4, -0.2) is 25.3 Å². The first-order valence-electron chi connectivity index (χ1n) is 5.17. The first-order valence-corrected chi connectivity index (χ1v) is 5.17. The zero-order valence-corrected chi connectivity index (χ0v) is 8.38. The first kappa shape index (κ1) is 10.6. The molecule has 0 aromatic heterocycles. The van der Waals surface area contributed by atoms with Crippen molar-refractivity contribution in [2.24, 2.45) is 0 Å². The zero-order valence-electron chi connectivity index (χ0n) is 8.38. The van der Waals surface area contributed by atoms with Crippen LogP contribution in [-0.2, 0) is 4.74 Å². The van der Waals surface area contributed by atoms with Crippen LogP contribution in [0.3, 0.4) is 0 Å². The van der Waals surface area contributed by atoms with Crippen molar-refractivity contribution in [2.75, 3.05) is 13.2 Å². The molecule has 2 atom stereocenters. The average molecular weight is 181 g/mol. The Kier molecular flexibility index (Phi) is 4.88. The fourth-order valence-corrected chi connectivity index (χ4v) is 1.71. The molecule has 74 valence electrons. The number of ether oxygens (including phenoxy) is 1. The molecule has 13 heavy (non-hydrogen) atoms. The third kappa shape index (κ3) is 3.38. The van der Waals surface area contributed by atoms with Gasteiger partial charge < -0.3 is 10.1 Å². The molecular formula is C11H19NO. The molecule has 2 unspecified atom stereocenters. The van der Waals surface area contributed by atoms with Gasteiger partial charge in [-0.2, -0.15) is 0 Å². The minimum absolute atomic E-state index is 0.350. The first-order chi connectivity index (χ1) is 6.38. The van der Waals surface area contributed by atoms with Gasteiger partial charge in [-0.1, -0.05) is 6.92 Å². The second kappa shape index (κ2) is 6.01. The highest BCUT2D eigenvalue weighted by molar-refractivity contribution is 4.94. The second-order valence-electron chi connectivity index (χ2n) is 3.52. The topological polar surface area (TPSA) is 21.3 Å². The Balaban J connectivity index is 2.32. The van der Waals surface area contributed by atoms with Gasteiger partial charge in [0.05, 0.1) is 6.10 Å². The van der Waals surface area contributed by atoms with Crippen molar-refractivity contribution in [3.63, 3.8) is 0 Å². The lowest BCUT2D eigenvalue weighted by molar-refractivity contribution is 0.0798. The van der Waals surface area contributed by atoms with Crippen LogP contribution in [0.4, 0.5) is 0 Å². The van der Waals surface area contributed by atoms with Crippen LogP contribution < -0.4 is 5.32 Å². The molecule has 2 heteroatoms. The van der Waals surface area contributed by atoms with Crippen molar-refractivity contribution in [2.45, 2.75) is 44.8 Å². The number of hydrogen-bond acceptors (Lipinski definition) is 2. The molecule has 0 bridgehead atoms. The Morgan fingerprint density at radius 3 is 3.08 bits per heavy atom. The van der Waals surface area contributed by atoms with Crippen LogP contribution in [0.15, 0.2) is 0 Å². The highest BCUT2D eigenvalue weighted by atomic mass is 16.5. The molecule has 1 aliphatic heterocycles. The summed E-state index contributed by atoms with van der Waals surface area (Å²) >= 11 is 0. The summed E-state index contributed by atoms with van der Waals surface area (Å²) < 4.78 is 5.61. The maximum Gasteiger partial charge on any atom is 0.0738 e. The van der Waals surface area contributed by atoms with Crippen molar-refractivity contribution in [1.82, 2.24) is 5.32 Å². The van der Waals surface area contributed by atoms with E-state index in [-0.39, 0.29) is 0 Å². The van der Waals surface area contributed by atoms with Crippen molar-refractivity contribution in [3.05, 3.63) is 0 Å². The van der Waals surface area contributed by atoms with E-state index in [4.69, 9.17) is 11.2 Å². The molecule has 1 fully saturated rings. The van der Waals surface area contributed by atoms with Crippen LogP contribution in [0.5, 0.6) is 0 Å². The third-order valence-electron chi connectivity index (χ3n) is 2.41. The predicted molar refractivity (Wildman–Crippen MR) is 54.5 cm³/mol. The molecule has 0 radical (unpaired) electrons. The van der Waals surface area contributed by atoms with Crippen LogP contribution in [0.1, 0.15) is 32.6 Å². The summed E-state index contributed by atoms with van der Waals surface area (Å²) in [5, 5.41) is 3.44. The molecule has 1 heterocycles. The standard InChI is InChI=1S/C11H19NO/c1-3-6-10(12-8-4-2)11-7-5-9-13-11/h1,10-12H,4-9H2,2H3. The van der Waals surface area contributed by atoms with Gasteiger partial charge >= 0.3 is 0 Å². The molecule has 2 nitrogen and oxygen atoms in total. The van der Waals surface area contributed by atoms with E-state index in [2.05, 4.69) is 18.2 Å². The lowest BCUT2D eigenvalue weighted by Gasteiger charge is -2.22. The van der Waals surface area contributed by atoms with Gasteiger partial charge in [-0.15, -0.1) is 12.3 Å². The van der Waals surface area contributed by atoms with E-state index in [0.717, 1.165) is 32.4 Å². The monoisotopic (exact) mass is 181 g/mol. The van der Waals surface area contributed by atoms with E-state index < -0.39 is 0 Å². The summed E-state index contributed by atoms with van der Waals surface area (Å²) in [5.74, 6) is 2.71. The molecule has 1 aliphatic rings. The Morgan fingerprint density at radius 2 is 2.54 bits per heavy atom. The van der Waals surface area contributed by atoms with Crippen LogP contribution >= 0.6 is 0 Å². The molecule has 1 rings (SSSR count). The highest BCUT2D eigenvalue weighted by Crippen LogP contribution is 2.17. The van der Waals surface area contributed by atoms with Crippen molar-refractivity contribution < 1.29 is 4.74 Å². The van der Waals surface area contributed by atoms with E-state index in [1.54, 1.807) is 0 Å². The average Bonchev–Trinajstić information content (AvgIpc) is 2.65. The molecular weight excluding hydrogens is 162 g/mol. The van der Waals surface area contributed by atoms with Gasteiger partial charge in [0.2, 0.25) is 0 Å². The summed E-state index contributed by atoms with van der Waals surface area (Å²) in [5.41, 5.74) is 0. The van der Waals surface area contributed by atoms with E-state index in [1.165, 1.54) is 6.42 Å². The Bertz CT molecular complexity index is 167. The van der Waals surface area contributed by atoms with E-state index in [1.807, 2.05) is 0 Å².